The fourth-order valence-corrected chi connectivity index (χ4v) is 2.41. The maximum Gasteiger partial charge on any atom is 0.507 e. The molecule has 0 aliphatic carbocycles. The Morgan fingerprint density at radius 3 is 2.65 bits per heavy atom. The number of alkyl halides is 4. The van der Waals surface area contributed by atoms with Crippen LogP contribution in [0.25, 0.3) is 0 Å². The van der Waals surface area contributed by atoms with Crippen LogP contribution >= 0.6 is 11.3 Å². The summed E-state index contributed by atoms with van der Waals surface area (Å²) < 4.78 is 60.9. The molecule has 1 aromatic heterocycles. The molecular weight excluding hydrogens is 338 g/mol. The van der Waals surface area contributed by atoms with E-state index in [1.165, 1.54) is 23.5 Å². The number of benzene rings is 1. The summed E-state index contributed by atoms with van der Waals surface area (Å²) in [7, 11) is 0. The highest BCUT2D eigenvalue weighted by Gasteiger charge is 2.66. The monoisotopic (exact) mass is 347 g/mol. The van der Waals surface area contributed by atoms with Crippen molar-refractivity contribution in [3.05, 3.63) is 34.8 Å². The standard InChI is InChI=1S/C13H9F4N3O2S/c1-7-6-23-11(19-7)20-18-5-8-3-2-4-9-10(8)22-13(16,17)12(14,15)21-9/h2-6H,1H3,(H,19,20). The number of hydrazone groups is 1. The number of anilines is 1. The zero-order valence-electron chi connectivity index (χ0n) is 11.5. The summed E-state index contributed by atoms with van der Waals surface area (Å²) in [5, 5.41) is 6.11. The van der Waals surface area contributed by atoms with Gasteiger partial charge in [0.1, 0.15) is 0 Å². The molecule has 1 aliphatic rings. The topological polar surface area (TPSA) is 55.7 Å². The van der Waals surface area contributed by atoms with Gasteiger partial charge in [-0.2, -0.15) is 22.7 Å². The van der Waals surface area contributed by atoms with Crippen molar-refractivity contribution in [3.63, 3.8) is 0 Å². The van der Waals surface area contributed by atoms with Crippen LogP contribution in [0.2, 0.25) is 0 Å². The molecule has 0 saturated carbocycles. The quantitative estimate of drug-likeness (QED) is 0.520. The van der Waals surface area contributed by atoms with E-state index in [0.717, 1.165) is 18.0 Å². The van der Waals surface area contributed by atoms with Crippen LogP contribution in [-0.4, -0.2) is 23.4 Å². The maximum atomic E-state index is 13.3. The highest BCUT2D eigenvalue weighted by molar-refractivity contribution is 7.13. The van der Waals surface area contributed by atoms with Crippen molar-refractivity contribution in [2.24, 2.45) is 5.10 Å². The van der Waals surface area contributed by atoms with Gasteiger partial charge in [-0.05, 0) is 19.1 Å². The number of rotatable bonds is 3. The number of hydrogen-bond donors (Lipinski definition) is 1. The summed E-state index contributed by atoms with van der Waals surface area (Å²) in [5.41, 5.74) is 3.45. The van der Waals surface area contributed by atoms with Crippen LogP contribution in [0.15, 0.2) is 28.7 Å². The van der Waals surface area contributed by atoms with Gasteiger partial charge in [0.15, 0.2) is 11.5 Å². The third-order valence-electron chi connectivity index (χ3n) is 2.80. The molecule has 3 rings (SSSR count). The molecule has 0 fully saturated rings. The van der Waals surface area contributed by atoms with E-state index < -0.39 is 23.7 Å². The van der Waals surface area contributed by atoms with E-state index in [0.29, 0.717) is 5.13 Å². The van der Waals surface area contributed by atoms with Crippen molar-refractivity contribution in [1.82, 2.24) is 4.98 Å². The third-order valence-corrected chi connectivity index (χ3v) is 3.66. The number of halogens is 4. The highest BCUT2D eigenvalue weighted by atomic mass is 32.1. The molecule has 23 heavy (non-hydrogen) atoms. The Morgan fingerprint density at radius 1 is 1.22 bits per heavy atom. The van der Waals surface area contributed by atoms with E-state index in [9.17, 15) is 17.6 Å². The Bertz CT molecular complexity index is 763. The second-order valence-electron chi connectivity index (χ2n) is 4.58. The Balaban J connectivity index is 1.85. The molecule has 0 bridgehead atoms. The molecule has 0 radical (unpaired) electrons. The van der Waals surface area contributed by atoms with E-state index in [1.54, 1.807) is 12.3 Å². The molecule has 0 amide bonds. The lowest BCUT2D eigenvalue weighted by Crippen LogP contribution is -2.52. The Morgan fingerprint density at radius 2 is 1.96 bits per heavy atom. The first-order valence-electron chi connectivity index (χ1n) is 6.26. The van der Waals surface area contributed by atoms with Crippen molar-refractivity contribution >= 4 is 22.7 Å². The lowest BCUT2D eigenvalue weighted by Gasteiger charge is -2.32. The number of hydrogen-bond acceptors (Lipinski definition) is 6. The molecule has 0 spiro atoms. The van der Waals surface area contributed by atoms with Crippen LogP contribution in [-0.2, 0) is 0 Å². The van der Waals surface area contributed by atoms with Gasteiger partial charge in [0.25, 0.3) is 0 Å². The average molecular weight is 347 g/mol. The summed E-state index contributed by atoms with van der Waals surface area (Å²) in [6.45, 7) is 1.80. The average Bonchev–Trinajstić information content (AvgIpc) is 2.86. The predicted octanol–water partition coefficient (Wildman–Crippen LogP) is 3.85. The van der Waals surface area contributed by atoms with Crippen LogP contribution in [0.5, 0.6) is 11.5 Å². The number of nitrogens with one attached hydrogen (secondary N) is 1. The summed E-state index contributed by atoms with van der Waals surface area (Å²) in [6.07, 6.45) is -8.37. The summed E-state index contributed by atoms with van der Waals surface area (Å²) in [4.78, 5) is 4.09. The molecule has 122 valence electrons. The molecule has 0 unspecified atom stereocenters. The number of aryl methyl sites for hydroxylation is 1. The fraction of sp³-hybridized carbons (Fsp3) is 0.231. The largest absolute Gasteiger partial charge is 0.507 e. The van der Waals surface area contributed by atoms with Crippen molar-refractivity contribution in [2.45, 2.75) is 19.1 Å². The third kappa shape index (κ3) is 2.93. The van der Waals surface area contributed by atoms with Gasteiger partial charge >= 0.3 is 12.2 Å². The lowest BCUT2D eigenvalue weighted by molar-refractivity contribution is -0.391. The minimum absolute atomic E-state index is 0.0541. The maximum absolute atomic E-state index is 13.3. The first kappa shape index (κ1) is 15.5. The summed E-state index contributed by atoms with van der Waals surface area (Å²) in [5.74, 6) is -1.00. The molecule has 1 aromatic carbocycles. The van der Waals surface area contributed by atoms with Crippen LogP contribution in [0.3, 0.4) is 0 Å². The Labute approximate surface area is 131 Å². The molecule has 2 aromatic rings. The molecule has 0 saturated heterocycles. The van der Waals surface area contributed by atoms with Gasteiger partial charge in [-0.3, -0.25) is 5.43 Å². The number of fused-ring (bicyclic) bond motifs is 1. The molecule has 1 aliphatic heterocycles. The van der Waals surface area contributed by atoms with Gasteiger partial charge in [-0.15, -0.1) is 11.3 Å². The number of ether oxygens (including phenoxy) is 2. The molecule has 5 nitrogen and oxygen atoms in total. The van der Waals surface area contributed by atoms with Crippen molar-refractivity contribution in [2.75, 3.05) is 5.43 Å². The minimum Gasteiger partial charge on any atom is -0.421 e. The second-order valence-corrected chi connectivity index (χ2v) is 5.43. The first-order valence-corrected chi connectivity index (χ1v) is 7.14. The van der Waals surface area contributed by atoms with Gasteiger partial charge in [0, 0.05) is 10.9 Å². The van der Waals surface area contributed by atoms with Crippen molar-refractivity contribution < 1.29 is 27.0 Å². The molecule has 2 heterocycles. The fourth-order valence-electron chi connectivity index (χ4n) is 1.77. The second kappa shape index (κ2) is 5.37. The minimum atomic E-state index is -4.77. The van der Waals surface area contributed by atoms with E-state index in [1.807, 2.05) is 0 Å². The highest BCUT2D eigenvalue weighted by Crippen LogP contribution is 2.47. The smallest absolute Gasteiger partial charge is 0.421 e. The SMILES string of the molecule is Cc1csc(NN=Cc2cccc3c2OC(F)(F)C(F)(F)O3)n1. The van der Waals surface area contributed by atoms with E-state index in [4.69, 9.17) is 0 Å². The van der Waals surface area contributed by atoms with Crippen LogP contribution in [0, 0.1) is 6.92 Å². The van der Waals surface area contributed by atoms with Gasteiger partial charge in [0.2, 0.25) is 5.13 Å². The van der Waals surface area contributed by atoms with E-state index in [2.05, 4.69) is 25.0 Å². The number of aromatic nitrogens is 1. The normalized spacial score (nSPS) is 18.1. The van der Waals surface area contributed by atoms with Crippen molar-refractivity contribution in [1.29, 1.82) is 0 Å². The van der Waals surface area contributed by atoms with Crippen LogP contribution < -0.4 is 14.9 Å². The summed E-state index contributed by atoms with van der Waals surface area (Å²) in [6, 6.07) is 3.84. The predicted molar refractivity (Wildman–Crippen MR) is 75.7 cm³/mol. The zero-order chi connectivity index (χ0) is 16.7. The van der Waals surface area contributed by atoms with Gasteiger partial charge < -0.3 is 9.47 Å². The molecule has 10 heteroatoms. The number of para-hydroxylation sites is 1. The molecule has 1 N–H and O–H groups in total. The number of nitrogens with zero attached hydrogens (tertiary/aromatic N) is 2. The van der Waals surface area contributed by atoms with Gasteiger partial charge in [0.05, 0.1) is 11.9 Å². The molecular formula is C13H9F4N3O2S. The first-order chi connectivity index (χ1) is 10.8. The van der Waals surface area contributed by atoms with Gasteiger partial charge in [-0.1, -0.05) is 6.07 Å². The van der Waals surface area contributed by atoms with E-state index >= 15 is 0 Å². The lowest BCUT2D eigenvalue weighted by atomic mass is 10.2. The van der Waals surface area contributed by atoms with Crippen LogP contribution in [0.1, 0.15) is 11.3 Å². The van der Waals surface area contributed by atoms with Gasteiger partial charge in [-0.25, -0.2) is 4.98 Å². The van der Waals surface area contributed by atoms with E-state index in [-0.39, 0.29) is 5.56 Å². The number of thiazole rings is 1. The Kier molecular flexibility index (Phi) is 3.63. The molecule has 0 atom stereocenters. The zero-order valence-corrected chi connectivity index (χ0v) is 12.3. The van der Waals surface area contributed by atoms with Crippen LogP contribution in [0.4, 0.5) is 22.7 Å². The summed E-state index contributed by atoms with van der Waals surface area (Å²) >= 11 is 1.30. The van der Waals surface area contributed by atoms with Crippen molar-refractivity contribution in [3.8, 4) is 11.5 Å². The Hall–Kier alpha value is -2.36.